The quantitative estimate of drug-likeness (QED) is 0.0272. The van der Waals surface area contributed by atoms with Crippen LogP contribution in [0, 0.1) is 0 Å². The molecule has 0 aliphatic carbocycles. The lowest BCUT2D eigenvalue weighted by Gasteiger charge is -2.29. The largest absolute Gasteiger partial charge is 0.756 e. The maximum atomic E-state index is 13.1. The van der Waals surface area contributed by atoms with E-state index in [0.29, 0.717) is 17.4 Å². The van der Waals surface area contributed by atoms with Crippen molar-refractivity contribution in [1.82, 2.24) is 5.32 Å². The molecule has 0 aliphatic heterocycles. The number of phosphoric acid groups is 1. The molecular formula is C82H147N2O6P. The molecule has 0 aliphatic rings. The lowest BCUT2D eigenvalue weighted by molar-refractivity contribution is -0.870. The molecule has 3 atom stereocenters. The Labute approximate surface area is 564 Å². The predicted molar refractivity (Wildman–Crippen MR) is 399 cm³/mol. The van der Waals surface area contributed by atoms with Gasteiger partial charge in [-0.05, 0) is 96.3 Å². The lowest BCUT2D eigenvalue weighted by atomic mass is 10.0. The summed E-state index contributed by atoms with van der Waals surface area (Å²) in [5.41, 5.74) is 0. The Morgan fingerprint density at radius 3 is 1.02 bits per heavy atom. The molecule has 526 valence electrons. The second-order valence-electron chi connectivity index (χ2n) is 27.0. The third-order valence-electron chi connectivity index (χ3n) is 16.9. The van der Waals surface area contributed by atoms with Crippen LogP contribution in [-0.2, 0) is 18.4 Å². The van der Waals surface area contributed by atoms with Crippen molar-refractivity contribution in [3.05, 3.63) is 122 Å². The molecule has 0 aromatic carbocycles. The first-order valence-corrected chi connectivity index (χ1v) is 39.9. The molecule has 0 radical (unpaired) electrons. The van der Waals surface area contributed by atoms with Crippen LogP contribution in [0.5, 0.6) is 0 Å². The fourth-order valence-corrected chi connectivity index (χ4v) is 11.7. The Morgan fingerprint density at radius 2 is 0.681 bits per heavy atom. The van der Waals surface area contributed by atoms with Gasteiger partial charge in [0.15, 0.2) is 0 Å². The minimum Gasteiger partial charge on any atom is -0.756 e. The standard InChI is InChI=1S/C82H147N2O6P/c1-6-8-10-12-14-16-18-20-22-24-26-28-30-32-34-36-37-38-39-40-41-42-43-44-45-46-47-48-50-52-54-56-58-60-62-64-66-68-70-72-74-76-82(86)83-80(79-90-91(87,88)89-78-77-84(3,4)5)81(85)75-73-71-69-67-65-63-61-59-57-55-53-51-49-35-33-31-29-27-25-23-21-19-17-15-13-11-9-7-2/h8,10,14,16,20,22,26,28,32,34,37-38,40-41,43-44,65,67,73,75,80-81,85H,6-7,9,11-13,15,17-19,21,23-25,27,29-31,33,35-36,39,42,45-64,66,68-72,74,76-79H2,1-5H3,(H-,83,86,87,88)/b10-8-,16-14-,22-20-,28-26-,34-32-,38-37-,41-40-,44-43-,67-65+,75-73+. The van der Waals surface area contributed by atoms with E-state index in [4.69, 9.17) is 9.05 Å². The fraction of sp³-hybridized carbons (Fsp3) is 0.744. The molecule has 0 spiro atoms. The maximum absolute atomic E-state index is 13.1. The van der Waals surface area contributed by atoms with Gasteiger partial charge in [0.25, 0.3) is 7.82 Å². The molecule has 0 aromatic heterocycles. The van der Waals surface area contributed by atoms with Crippen molar-refractivity contribution in [2.75, 3.05) is 40.9 Å². The van der Waals surface area contributed by atoms with Crippen LogP contribution in [0.4, 0.5) is 0 Å². The van der Waals surface area contributed by atoms with Crippen molar-refractivity contribution in [1.29, 1.82) is 0 Å². The second-order valence-corrected chi connectivity index (χ2v) is 28.4. The summed E-state index contributed by atoms with van der Waals surface area (Å²) in [7, 11) is 1.24. The number of nitrogens with one attached hydrogen (secondary N) is 1. The Hall–Kier alpha value is -3.10. The predicted octanol–water partition coefficient (Wildman–Crippen LogP) is 24.5. The Balaban J connectivity index is 4.05. The third kappa shape index (κ3) is 74.2. The van der Waals surface area contributed by atoms with Crippen LogP contribution in [0.15, 0.2) is 122 Å². The van der Waals surface area contributed by atoms with Crippen LogP contribution < -0.4 is 10.2 Å². The summed E-state index contributed by atoms with van der Waals surface area (Å²) in [6, 6.07) is -0.911. The van der Waals surface area contributed by atoms with Gasteiger partial charge in [-0.3, -0.25) is 9.36 Å². The van der Waals surface area contributed by atoms with Crippen molar-refractivity contribution in [3.8, 4) is 0 Å². The van der Waals surface area contributed by atoms with Gasteiger partial charge in [0.2, 0.25) is 5.91 Å². The molecule has 0 saturated heterocycles. The number of quaternary nitrogens is 1. The van der Waals surface area contributed by atoms with E-state index in [0.717, 1.165) is 89.9 Å². The first kappa shape index (κ1) is 87.9. The molecule has 0 heterocycles. The molecule has 91 heavy (non-hydrogen) atoms. The number of hydrogen-bond acceptors (Lipinski definition) is 6. The van der Waals surface area contributed by atoms with Crippen LogP contribution in [-0.4, -0.2) is 68.5 Å². The van der Waals surface area contributed by atoms with Crippen molar-refractivity contribution in [3.63, 3.8) is 0 Å². The van der Waals surface area contributed by atoms with E-state index in [1.54, 1.807) is 6.08 Å². The van der Waals surface area contributed by atoms with Gasteiger partial charge in [-0.15, -0.1) is 0 Å². The third-order valence-corrected chi connectivity index (χ3v) is 17.9. The zero-order valence-corrected chi connectivity index (χ0v) is 61.2. The maximum Gasteiger partial charge on any atom is 0.268 e. The minimum absolute atomic E-state index is 0.00940. The van der Waals surface area contributed by atoms with E-state index < -0.39 is 26.6 Å². The van der Waals surface area contributed by atoms with Crippen LogP contribution in [0.25, 0.3) is 0 Å². The first-order valence-electron chi connectivity index (χ1n) is 38.4. The van der Waals surface area contributed by atoms with Crippen molar-refractivity contribution in [2.24, 2.45) is 0 Å². The van der Waals surface area contributed by atoms with E-state index in [1.165, 1.54) is 231 Å². The number of aliphatic hydroxyl groups is 1. The Bertz CT molecular complexity index is 1900. The normalized spacial score (nSPS) is 14.2. The Morgan fingerprint density at radius 1 is 0.396 bits per heavy atom. The van der Waals surface area contributed by atoms with Crippen LogP contribution in [0.2, 0.25) is 0 Å². The zero-order valence-electron chi connectivity index (χ0n) is 60.3. The molecule has 3 unspecified atom stereocenters. The Kier molecular flexibility index (Phi) is 68.8. The second kappa shape index (κ2) is 71.2. The van der Waals surface area contributed by atoms with Crippen molar-refractivity contribution >= 4 is 13.7 Å². The number of aliphatic hydroxyl groups excluding tert-OH is 1. The SMILES string of the molecule is CC/C=C\C/C=C\C/C=C\C/C=C\C/C=C\C/C=C\C/C=C\C/C=C\CCCCCCCCCCCCCCCCCCC(=O)NC(COP(=O)([O-])OCC[N+](C)(C)C)C(O)/C=C/CC/C=C/CCCCCCCCCCCCCCCCCCCCCCCC. The number of unbranched alkanes of at least 4 members (excludes halogenated alkanes) is 39. The van der Waals surface area contributed by atoms with Gasteiger partial charge >= 0.3 is 0 Å². The number of likely N-dealkylation sites (N-methyl/N-ethyl adjacent to an activating group) is 1. The van der Waals surface area contributed by atoms with Crippen molar-refractivity contribution < 1.29 is 32.9 Å². The highest BCUT2D eigenvalue weighted by Crippen LogP contribution is 2.38. The number of carbonyl (C=O) groups excluding carboxylic acids is 1. The number of phosphoric ester groups is 1. The van der Waals surface area contributed by atoms with Gasteiger partial charge < -0.3 is 28.8 Å². The number of carbonyl (C=O) groups is 1. The molecular weight excluding hydrogens is 1140 g/mol. The minimum atomic E-state index is -4.62. The molecule has 0 aromatic rings. The van der Waals surface area contributed by atoms with E-state index >= 15 is 0 Å². The summed E-state index contributed by atoms with van der Waals surface area (Å²) < 4.78 is 23.5. The van der Waals surface area contributed by atoms with E-state index in [9.17, 15) is 19.4 Å². The first-order chi connectivity index (χ1) is 44.5. The smallest absolute Gasteiger partial charge is 0.268 e. The summed E-state index contributed by atoms with van der Waals surface area (Å²) in [4.78, 5) is 25.7. The van der Waals surface area contributed by atoms with Gasteiger partial charge in [-0.1, -0.05) is 360 Å². The summed E-state index contributed by atoms with van der Waals surface area (Å²) in [6.45, 7) is 4.55. The molecule has 1 amide bonds. The van der Waals surface area contributed by atoms with Gasteiger partial charge in [0.1, 0.15) is 13.2 Å². The number of amides is 1. The molecule has 0 saturated carbocycles. The summed E-state index contributed by atoms with van der Waals surface area (Å²) in [6.07, 6.45) is 106. The summed E-state index contributed by atoms with van der Waals surface area (Å²) in [5.74, 6) is -0.206. The number of allylic oxidation sites excluding steroid dienone is 19. The highest BCUT2D eigenvalue weighted by atomic mass is 31.2. The number of rotatable bonds is 70. The average molecular weight is 1290 g/mol. The molecule has 0 rings (SSSR count). The molecule has 0 bridgehead atoms. The number of hydrogen-bond donors (Lipinski definition) is 2. The van der Waals surface area contributed by atoms with Gasteiger partial charge in [0.05, 0.1) is 39.9 Å². The van der Waals surface area contributed by atoms with Crippen LogP contribution in [0.3, 0.4) is 0 Å². The molecule has 0 fully saturated rings. The monoisotopic (exact) mass is 1290 g/mol. The van der Waals surface area contributed by atoms with Gasteiger partial charge in [-0.2, -0.15) is 0 Å². The zero-order chi connectivity index (χ0) is 66.2. The molecule has 2 N–H and O–H groups in total. The van der Waals surface area contributed by atoms with Crippen molar-refractivity contribution in [2.45, 2.75) is 353 Å². The topological polar surface area (TPSA) is 108 Å². The highest BCUT2D eigenvalue weighted by molar-refractivity contribution is 7.45. The summed E-state index contributed by atoms with van der Waals surface area (Å²) >= 11 is 0. The van der Waals surface area contributed by atoms with E-state index in [-0.39, 0.29) is 12.5 Å². The molecule has 8 nitrogen and oxygen atoms in total. The van der Waals surface area contributed by atoms with Gasteiger partial charge in [0, 0.05) is 6.42 Å². The van der Waals surface area contributed by atoms with Crippen LogP contribution >= 0.6 is 7.82 Å². The van der Waals surface area contributed by atoms with E-state index in [1.807, 2.05) is 27.2 Å². The number of nitrogens with zero attached hydrogens (tertiary/aromatic N) is 1. The fourth-order valence-electron chi connectivity index (χ4n) is 11.0. The highest BCUT2D eigenvalue weighted by Gasteiger charge is 2.23. The lowest BCUT2D eigenvalue weighted by Crippen LogP contribution is -2.45. The molecule has 9 heteroatoms. The average Bonchev–Trinajstić information content (AvgIpc) is 3.59. The summed E-state index contributed by atoms with van der Waals surface area (Å²) in [5, 5.41) is 14.0. The van der Waals surface area contributed by atoms with Crippen LogP contribution in [0.1, 0.15) is 341 Å². The van der Waals surface area contributed by atoms with Gasteiger partial charge in [-0.25, -0.2) is 0 Å². The van der Waals surface area contributed by atoms with E-state index in [2.05, 4.69) is 129 Å².